The number of carboxylic acids is 1. The minimum atomic E-state index is -0.570. The molecule has 0 unspecified atom stereocenters. The summed E-state index contributed by atoms with van der Waals surface area (Å²) in [6.45, 7) is 3.39. The number of rotatable bonds is 3. The second-order valence-corrected chi connectivity index (χ2v) is 5.00. The molecule has 2 aliphatic rings. The predicted molar refractivity (Wildman–Crippen MR) is 58.8 cm³/mol. The molecule has 1 N–H and O–H groups in total. The van der Waals surface area contributed by atoms with Crippen LogP contribution in [0.4, 0.5) is 0 Å². The van der Waals surface area contributed by atoms with Gasteiger partial charge in [-0.15, -0.1) is 0 Å². The fourth-order valence-electron chi connectivity index (χ4n) is 3.05. The van der Waals surface area contributed by atoms with E-state index in [1.165, 1.54) is 32.4 Å². The zero-order chi connectivity index (χ0) is 10.7. The third-order valence-corrected chi connectivity index (χ3v) is 3.92. The van der Waals surface area contributed by atoms with E-state index in [0.29, 0.717) is 5.92 Å². The number of hydrogen-bond donors (Lipinski definition) is 1. The van der Waals surface area contributed by atoms with Crippen LogP contribution in [0.5, 0.6) is 0 Å². The number of carbonyl (C=O) groups is 1. The van der Waals surface area contributed by atoms with Crippen molar-refractivity contribution in [2.24, 2.45) is 11.8 Å². The average Bonchev–Trinajstić information content (AvgIpc) is 2.71. The topological polar surface area (TPSA) is 40.5 Å². The molecule has 0 aromatic carbocycles. The number of hydrogen-bond acceptors (Lipinski definition) is 2. The van der Waals surface area contributed by atoms with Crippen LogP contribution in [0.1, 0.15) is 38.5 Å². The molecule has 0 amide bonds. The number of carboxylic acid groups (broad SMARTS) is 1. The molecule has 1 aliphatic carbocycles. The van der Waals surface area contributed by atoms with E-state index in [9.17, 15) is 4.79 Å². The Kier molecular flexibility index (Phi) is 3.62. The van der Waals surface area contributed by atoms with Gasteiger partial charge >= 0.3 is 5.97 Å². The smallest absolute Gasteiger partial charge is 0.306 e. The minimum Gasteiger partial charge on any atom is -0.481 e. The van der Waals surface area contributed by atoms with Crippen molar-refractivity contribution in [3.05, 3.63) is 0 Å². The highest BCUT2D eigenvalue weighted by atomic mass is 16.4. The molecule has 1 saturated heterocycles. The second-order valence-electron chi connectivity index (χ2n) is 5.00. The van der Waals surface area contributed by atoms with Gasteiger partial charge in [0.05, 0.1) is 5.92 Å². The average molecular weight is 211 g/mol. The zero-order valence-electron chi connectivity index (χ0n) is 9.32. The predicted octanol–water partition coefficient (Wildman–Crippen LogP) is 1.97. The highest BCUT2D eigenvalue weighted by molar-refractivity contribution is 5.70. The summed E-state index contributed by atoms with van der Waals surface area (Å²) >= 11 is 0. The number of likely N-dealkylation sites (tertiary alicyclic amines) is 1. The van der Waals surface area contributed by atoms with Crippen LogP contribution in [0.15, 0.2) is 0 Å². The summed E-state index contributed by atoms with van der Waals surface area (Å²) in [4.78, 5) is 13.6. The molecular formula is C12H21NO2. The summed E-state index contributed by atoms with van der Waals surface area (Å²) in [5.41, 5.74) is 0. The largest absolute Gasteiger partial charge is 0.481 e. The lowest BCUT2D eigenvalue weighted by molar-refractivity contribution is -0.145. The summed E-state index contributed by atoms with van der Waals surface area (Å²) in [7, 11) is 0. The summed E-state index contributed by atoms with van der Waals surface area (Å²) in [6, 6.07) is 0. The lowest BCUT2D eigenvalue weighted by Gasteiger charge is -2.31. The number of aliphatic carboxylic acids is 1. The maximum Gasteiger partial charge on any atom is 0.306 e. The lowest BCUT2D eigenvalue weighted by atomic mass is 9.79. The van der Waals surface area contributed by atoms with Crippen molar-refractivity contribution in [2.45, 2.75) is 38.5 Å². The van der Waals surface area contributed by atoms with Crippen LogP contribution in [0.25, 0.3) is 0 Å². The van der Waals surface area contributed by atoms with Gasteiger partial charge in [-0.1, -0.05) is 12.8 Å². The first kappa shape index (κ1) is 10.9. The van der Waals surface area contributed by atoms with E-state index in [0.717, 1.165) is 25.8 Å². The minimum absolute atomic E-state index is 0.0700. The summed E-state index contributed by atoms with van der Waals surface area (Å²) in [5, 5.41) is 9.16. The fourth-order valence-corrected chi connectivity index (χ4v) is 3.05. The van der Waals surface area contributed by atoms with E-state index in [-0.39, 0.29) is 5.92 Å². The van der Waals surface area contributed by atoms with Crippen molar-refractivity contribution >= 4 is 5.97 Å². The Morgan fingerprint density at radius 1 is 1.13 bits per heavy atom. The fraction of sp³-hybridized carbons (Fsp3) is 0.917. The van der Waals surface area contributed by atoms with Gasteiger partial charge in [0.25, 0.3) is 0 Å². The molecule has 86 valence electrons. The third kappa shape index (κ3) is 2.71. The first-order valence-corrected chi connectivity index (χ1v) is 6.22. The maximum absolute atomic E-state index is 11.1. The third-order valence-electron chi connectivity index (χ3n) is 3.92. The summed E-state index contributed by atoms with van der Waals surface area (Å²) in [6.07, 6.45) is 6.94. The molecule has 3 heteroatoms. The normalized spacial score (nSPS) is 33.1. The Morgan fingerprint density at radius 3 is 2.47 bits per heavy atom. The highest BCUT2D eigenvalue weighted by Gasteiger charge is 2.32. The molecule has 1 heterocycles. The molecule has 0 aromatic rings. The van der Waals surface area contributed by atoms with Crippen LogP contribution >= 0.6 is 0 Å². The van der Waals surface area contributed by atoms with Gasteiger partial charge < -0.3 is 10.0 Å². The van der Waals surface area contributed by atoms with Gasteiger partial charge in [-0.25, -0.2) is 0 Å². The molecule has 0 aromatic heterocycles. The van der Waals surface area contributed by atoms with E-state index in [1.54, 1.807) is 0 Å². The molecule has 1 aliphatic heterocycles. The first-order valence-electron chi connectivity index (χ1n) is 6.22. The van der Waals surface area contributed by atoms with Crippen LogP contribution in [0.2, 0.25) is 0 Å². The Labute approximate surface area is 91.5 Å². The van der Waals surface area contributed by atoms with Gasteiger partial charge in [-0.3, -0.25) is 4.79 Å². The molecule has 0 spiro atoms. The van der Waals surface area contributed by atoms with Crippen molar-refractivity contribution in [1.29, 1.82) is 0 Å². The van der Waals surface area contributed by atoms with Gasteiger partial charge in [-0.05, 0) is 44.7 Å². The first-order chi connectivity index (χ1) is 7.27. The number of nitrogens with zero attached hydrogens (tertiary/aromatic N) is 1. The Morgan fingerprint density at radius 2 is 1.80 bits per heavy atom. The quantitative estimate of drug-likeness (QED) is 0.776. The monoisotopic (exact) mass is 211 g/mol. The van der Waals surface area contributed by atoms with Gasteiger partial charge in [-0.2, -0.15) is 0 Å². The SMILES string of the molecule is O=C(O)[C@H]1CCCC[C@H]1CN1CCCC1. The van der Waals surface area contributed by atoms with E-state index in [4.69, 9.17) is 5.11 Å². The molecule has 0 bridgehead atoms. The zero-order valence-corrected chi connectivity index (χ0v) is 9.32. The summed E-state index contributed by atoms with van der Waals surface area (Å²) in [5.74, 6) is -0.229. The van der Waals surface area contributed by atoms with Crippen LogP contribution in [0.3, 0.4) is 0 Å². The van der Waals surface area contributed by atoms with Crippen LogP contribution in [-0.2, 0) is 4.79 Å². The lowest BCUT2D eigenvalue weighted by Crippen LogP contribution is -2.36. The van der Waals surface area contributed by atoms with Crippen molar-refractivity contribution in [2.75, 3.05) is 19.6 Å². The highest BCUT2D eigenvalue weighted by Crippen LogP contribution is 2.31. The van der Waals surface area contributed by atoms with Crippen molar-refractivity contribution < 1.29 is 9.90 Å². The van der Waals surface area contributed by atoms with Gasteiger partial charge in [0, 0.05) is 6.54 Å². The molecule has 0 radical (unpaired) electrons. The van der Waals surface area contributed by atoms with E-state index < -0.39 is 5.97 Å². The molecule has 3 nitrogen and oxygen atoms in total. The van der Waals surface area contributed by atoms with Crippen molar-refractivity contribution in [3.8, 4) is 0 Å². The Hall–Kier alpha value is -0.570. The molecule has 2 fully saturated rings. The molecule has 15 heavy (non-hydrogen) atoms. The van der Waals surface area contributed by atoms with Crippen LogP contribution < -0.4 is 0 Å². The van der Waals surface area contributed by atoms with Crippen LogP contribution in [-0.4, -0.2) is 35.6 Å². The van der Waals surface area contributed by atoms with Crippen LogP contribution in [0, 0.1) is 11.8 Å². The maximum atomic E-state index is 11.1. The van der Waals surface area contributed by atoms with Gasteiger partial charge in [0.15, 0.2) is 0 Å². The summed E-state index contributed by atoms with van der Waals surface area (Å²) < 4.78 is 0. The second kappa shape index (κ2) is 4.97. The van der Waals surface area contributed by atoms with E-state index in [1.807, 2.05) is 0 Å². The molecule has 2 atom stereocenters. The molecular weight excluding hydrogens is 190 g/mol. The van der Waals surface area contributed by atoms with Crippen molar-refractivity contribution in [1.82, 2.24) is 4.90 Å². The van der Waals surface area contributed by atoms with Crippen molar-refractivity contribution in [3.63, 3.8) is 0 Å². The van der Waals surface area contributed by atoms with E-state index >= 15 is 0 Å². The van der Waals surface area contributed by atoms with Gasteiger partial charge in [0.2, 0.25) is 0 Å². The van der Waals surface area contributed by atoms with E-state index in [2.05, 4.69) is 4.90 Å². The Bertz CT molecular complexity index is 224. The Balaban J connectivity index is 1.89. The molecule has 2 rings (SSSR count). The standard InChI is InChI=1S/C12H21NO2/c14-12(15)11-6-2-1-5-10(11)9-13-7-3-4-8-13/h10-11H,1-9H2,(H,14,15)/t10-,11-/m0/s1. The molecule has 1 saturated carbocycles. The van der Waals surface area contributed by atoms with Gasteiger partial charge in [0.1, 0.15) is 0 Å².